The largest absolute Gasteiger partial charge is 0.491 e. The van der Waals surface area contributed by atoms with Crippen LogP contribution in [-0.4, -0.2) is 43.2 Å². The molecule has 0 bridgehead atoms. The molecular formula is C18H19F3N4O3S. The average Bonchev–Trinajstić information content (AvgIpc) is 3.13. The predicted octanol–water partition coefficient (Wildman–Crippen LogP) is 2.82. The molecular weight excluding hydrogens is 409 g/mol. The van der Waals surface area contributed by atoms with Crippen LogP contribution in [-0.2, 0) is 17.4 Å². The molecule has 0 unspecified atom stereocenters. The summed E-state index contributed by atoms with van der Waals surface area (Å²) >= 11 is 1.27. The lowest BCUT2D eigenvalue weighted by Gasteiger charge is -2.24. The second-order valence-electron chi connectivity index (χ2n) is 6.23. The van der Waals surface area contributed by atoms with E-state index in [4.69, 9.17) is 4.74 Å². The number of alkyl halides is 3. The van der Waals surface area contributed by atoms with Crippen LogP contribution in [0.1, 0.15) is 17.7 Å². The van der Waals surface area contributed by atoms with Gasteiger partial charge in [0.05, 0.1) is 24.2 Å². The highest BCUT2D eigenvalue weighted by molar-refractivity contribution is 7.14. The molecule has 1 aromatic heterocycles. The van der Waals surface area contributed by atoms with Crippen LogP contribution in [0.5, 0.6) is 5.75 Å². The summed E-state index contributed by atoms with van der Waals surface area (Å²) in [6.07, 6.45) is -3.68. The smallest absolute Gasteiger partial charge is 0.419 e. The van der Waals surface area contributed by atoms with Gasteiger partial charge in [0, 0.05) is 18.5 Å². The number of hydrogen-bond donors (Lipinski definition) is 2. The normalized spacial score (nSPS) is 14.4. The number of benzene rings is 1. The molecule has 2 N–H and O–H groups in total. The summed E-state index contributed by atoms with van der Waals surface area (Å²) in [5, 5.41) is 7.54. The van der Waals surface area contributed by atoms with Gasteiger partial charge in [0.2, 0.25) is 5.91 Å². The Kier molecular flexibility index (Phi) is 6.57. The summed E-state index contributed by atoms with van der Waals surface area (Å²) in [5.41, 5.74) is -0.340. The van der Waals surface area contributed by atoms with E-state index in [9.17, 15) is 22.8 Å². The number of carbonyl (C=O) groups excluding carboxylic acids is 2. The highest BCUT2D eigenvalue weighted by Crippen LogP contribution is 2.35. The van der Waals surface area contributed by atoms with E-state index in [2.05, 4.69) is 15.6 Å². The van der Waals surface area contributed by atoms with E-state index in [-0.39, 0.29) is 37.3 Å². The monoisotopic (exact) mass is 428 g/mol. The maximum atomic E-state index is 12.9. The maximum Gasteiger partial charge on any atom is 0.419 e. The molecule has 0 saturated carbocycles. The number of nitrogens with zero attached hydrogens (tertiary/aromatic N) is 2. The Labute approximate surface area is 168 Å². The van der Waals surface area contributed by atoms with Gasteiger partial charge in [-0.15, -0.1) is 11.3 Å². The third kappa shape index (κ3) is 5.59. The minimum atomic E-state index is -4.51. The van der Waals surface area contributed by atoms with Crippen molar-refractivity contribution in [2.75, 3.05) is 31.1 Å². The van der Waals surface area contributed by atoms with Crippen molar-refractivity contribution in [3.63, 3.8) is 0 Å². The number of aromatic nitrogens is 1. The Morgan fingerprint density at radius 2 is 2.14 bits per heavy atom. The SMILES string of the molecule is O=C(Cc1csc(N2CCCNC2=O)n1)NCCOc1ccccc1C(F)(F)F. The number of ether oxygens (including phenoxy) is 1. The van der Waals surface area contributed by atoms with E-state index in [0.29, 0.717) is 23.9 Å². The van der Waals surface area contributed by atoms with Gasteiger partial charge >= 0.3 is 12.2 Å². The summed E-state index contributed by atoms with van der Waals surface area (Å²) in [7, 11) is 0. The van der Waals surface area contributed by atoms with Crippen LogP contribution < -0.4 is 20.3 Å². The Bertz CT molecular complexity index is 872. The van der Waals surface area contributed by atoms with Crippen LogP contribution in [0.25, 0.3) is 0 Å². The van der Waals surface area contributed by atoms with Gasteiger partial charge in [0.15, 0.2) is 5.13 Å². The third-order valence-corrected chi connectivity index (χ3v) is 4.98. The minimum absolute atomic E-state index is 0.00506. The highest BCUT2D eigenvalue weighted by Gasteiger charge is 2.34. The zero-order valence-electron chi connectivity index (χ0n) is 15.3. The lowest BCUT2D eigenvalue weighted by Crippen LogP contribution is -2.46. The number of urea groups is 1. The van der Waals surface area contributed by atoms with Crippen molar-refractivity contribution >= 4 is 28.4 Å². The first kappa shape index (κ1) is 20.9. The van der Waals surface area contributed by atoms with E-state index < -0.39 is 11.7 Å². The van der Waals surface area contributed by atoms with E-state index in [1.165, 1.54) is 34.4 Å². The molecule has 11 heteroatoms. The van der Waals surface area contributed by atoms with Crippen molar-refractivity contribution in [1.29, 1.82) is 0 Å². The number of halogens is 3. The standard InChI is InChI=1S/C18H19F3N4O3S/c19-18(20,21)13-4-1-2-5-14(13)28-9-7-22-15(26)10-12-11-29-17(24-12)25-8-3-6-23-16(25)27/h1-2,4-5,11H,3,6-10H2,(H,22,26)(H,23,27). The van der Waals surface area contributed by atoms with Crippen LogP contribution in [0.15, 0.2) is 29.6 Å². The first-order valence-corrected chi connectivity index (χ1v) is 9.78. The summed E-state index contributed by atoms with van der Waals surface area (Å²) in [4.78, 5) is 29.7. The molecule has 2 heterocycles. The van der Waals surface area contributed by atoms with Gasteiger partial charge in [-0.05, 0) is 18.6 Å². The number of carbonyl (C=O) groups is 2. The first-order chi connectivity index (χ1) is 13.8. The molecule has 0 spiro atoms. The van der Waals surface area contributed by atoms with Crippen molar-refractivity contribution in [2.45, 2.75) is 19.0 Å². The molecule has 1 aliphatic heterocycles. The fraction of sp³-hybridized carbons (Fsp3) is 0.389. The minimum Gasteiger partial charge on any atom is -0.491 e. The Morgan fingerprint density at radius 3 is 2.90 bits per heavy atom. The zero-order valence-corrected chi connectivity index (χ0v) is 16.1. The maximum absolute atomic E-state index is 12.9. The molecule has 3 amide bonds. The van der Waals surface area contributed by atoms with Crippen molar-refractivity contribution in [3.05, 3.63) is 40.9 Å². The molecule has 3 rings (SSSR count). The zero-order chi connectivity index (χ0) is 20.9. The number of thiazole rings is 1. The van der Waals surface area contributed by atoms with Crippen LogP contribution >= 0.6 is 11.3 Å². The van der Waals surface area contributed by atoms with Gasteiger partial charge in [-0.1, -0.05) is 12.1 Å². The van der Waals surface area contributed by atoms with E-state index >= 15 is 0 Å². The highest BCUT2D eigenvalue weighted by atomic mass is 32.1. The number of hydrogen-bond acceptors (Lipinski definition) is 5. The molecule has 1 fully saturated rings. The molecule has 156 valence electrons. The lowest BCUT2D eigenvalue weighted by atomic mass is 10.2. The fourth-order valence-electron chi connectivity index (χ4n) is 2.72. The third-order valence-electron chi connectivity index (χ3n) is 4.07. The first-order valence-electron chi connectivity index (χ1n) is 8.90. The summed E-state index contributed by atoms with van der Waals surface area (Å²) in [5.74, 6) is -0.615. The van der Waals surface area contributed by atoms with Gasteiger partial charge in [-0.3, -0.25) is 9.69 Å². The average molecular weight is 428 g/mol. The van der Waals surface area contributed by atoms with Gasteiger partial charge in [0.1, 0.15) is 12.4 Å². The van der Waals surface area contributed by atoms with Gasteiger partial charge < -0.3 is 15.4 Å². The van der Waals surface area contributed by atoms with E-state index in [0.717, 1.165) is 12.5 Å². The molecule has 1 saturated heterocycles. The Balaban J connectivity index is 1.45. The Morgan fingerprint density at radius 1 is 1.34 bits per heavy atom. The van der Waals surface area contributed by atoms with Crippen LogP contribution in [0.4, 0.5) is 23.1 Å². The molecule has 0 atom stereocenters. The van der Waals surface area contributed by atoms with Crippen molar-refractivity contribution in [3.8, 4) is 5.75 Å². The number of para-hydroxylation sites is 1. The molecule has 1 aromatic carbocycles. The molecule has 0 radical (unpaired) electrons. The summed E-state index contributed by atoms with van der Waals surface area (Å²) < 4.78 is 43.9. The van der Waals surface area contributed by atoms with Crippen molar-refractivity contribution < 1.29 is 27.5 Å². The quantitative estimate of drug-likeness (QED) is 0.665. The molecule has 0 aliphatic carbocycles. The second kappa shape index (κ2) is 9.12. The van der Waals surface area contributed by atoms with E-state index in [1.807, 2.05) is 0 Å². The fourth-order valence-corrected chi connectivity index (χ4v) is 3.57. The van der Waals surface area contributed by atoms with E-state index in [1.54, 1.807) is 5.38 Å². The van der Waals surface area contributed by atoms with Crippen molar-refractivity contribution in [1.82, 2.24) is 15.6 Å². The number of rotatable bonds is 7. The summed E-state index contributed by atoms with van der Waals surface area (Å²) in [6.45, 7) is 1.15. The molecule has 2 aromatic rings. The number of anilines is 1. The van der Waals surface area contributed by atoms with Crippen molar-refractivity contribution in [2.24, 2.45) is 0 Å². The van der Waals surface area contributed by atoms with Crippen LogP contribution in [0, 0.1) is 0 Å². The second-order valence-corrected chi connectivity index (χ2v) is 7.06. The predicted molar refractivity (Wildman–Crippen MR) is 101 cm³/mol. The number of nitrogens with one attached hydrogen (secondary N) is 2. The Hall–Kier alpha value is -2.82. The lowest BCUT2D eigenvalue weighted by molar-refractivity contribution is -0.139. The van der Waals surface area contributed by atoms with Gasteiger partial charge in [-0.2, -0.15) is 13.2 Å². The topological polar surface area (TPSA) is 83.6 Å². The molecule has 7 nitrogen and oxygen atoms in total. The summed E-state index contributed by atoms with van der Waals surface area (Å²) in [6, 6.07) is 4.70. The molecule has 1 aliphatic rings. The number of amides is 3. The van der Waals surface area contributed by atoms with Gasteiger partial charge in [-0.25, -0.2) is 9.78 Å². The molecule has 29 heavy (non-hydrogen) atoms. The van der Waals surface area contributed by atoms with Crippen LogP contribution in [0.3, 0.4) is 0 Å². The van der Waals surface area contributed by atoms with Gasteiger partial charge in [0.25, 0.3) is 0 Å². The van der Waals surface area contributed by atoms with Crippen LogP contribution in [0.2, 0.25) is 0 Å².